The molecule has 1 heterocycles. The van der Waals surface area contributed by atoms with Gasteiger partial charge in [-0.1, -0.05) is 33.8 Å². The Morgan fingerprint density at radius 3 is 2.36 bits per heavy atom. The summed E-state index contributed by atoms with van der Waals surface area (Å²) in [6, 6.07) is 0. The molecule has 0 unspecified atom stereocenters. The summed E-state index contributed by atoms with van der Waals surface area (Å²) >= 11 is 0. The number of hydrogen-bond donors (Lipinski definition) is 0. The summed E-state index contributed by atoms with van der Waals surface area (Å²) in [5.41, 5.74) is -0.248. The molecule has 2 aliphatic rings. The molecule has 1 fully saturated rings. The number of aliphatic imine (C=N–C) groups is 1. The Morgan fingerprint density at radius 2 is 1.88 bits per heavy atom. The molecule has 0 spiro atoms. The van der Waals surface area contributed by atoms with Crippen LogP contribution in [-0.2, 0) is 18.8 Å². The summed E-state index contributed by atoms with van der Waals surface area (Å²) in [7, 11) is -2.10. The average molecular weight is 478 g/mol. The lowest BCUT2D eigenvalue weighted by Gasteiger charge is -2.52. The van der Waals surface area contributed by atoms with E-state index < -0.39 is 19.1 Å². The number of carbonyl (C=O) groups is 2. The van der Waals surface area contributed by atoms with Gasteiger partial charge in [0.05, 0.1) is 23.5 Å². The summed E-state index contributed by atoms with van der Waals surface area (Å²) in [5.74, 6) is 0.0465. The number of ether oxygens (including phenoxy) is 1. The highest BCUT2D eigenvalue weighted by Gasteiger charge is 2.57. The van der Waals surface area contributed by atoms with Gasteiger partial charge in [0.25, 0.3) is 0 Å². The zero-order chi connectivity index (χ0) is 25.2. The number of esters is 1. The second-order valence-corrected chi connectivity index (χ2v) is 17.4. The van der Waals surface area contributed by atoms with Gasteiger partial charge in [-0.15, -0.1) is 6.58 Å². The van der Waals surface area contributed by atoms with Gasteiger partial charge in [0.2, 0.25) is 0 Å². The second kappa shape index (κ2) is 10.1. The number of rotatable bonds is 8. The largest absolute Gasteiger partial charge is 0.465 e. The molecule has 0 bridgehead atoms. The number of allylic oxidation sites excluding steroid dienone is 1. The molecule has 1 aliphatic carbocycles. The van der Waals surface area contributed by atoms with Crippen molar-refractivity contribution in [2.75, 3.05) is 13.2 Å². The Balaban J connectivity index is 2.50. The van der Waals surface area contributed by atoms with Crippen LogP contribution in [0.2, 0.25) is 18.1 Å². The number of carbonyl (C=O) groups excluding carboxylic acids is 2. The second-order valence-electron chi connectivity index (χ2n) is 12.6. The maximum Gasteiger partial charge on any atom is 0.311 e. The zero-order valence-corrected chi connectivity index (χ0v) is 23.5. The SMILES string of the molecule is C=CC[C@]1(C2=NCCC2)C(=O)C[C@H](C)[C@H](O[Si](C)(C)C(C)(C)C)[C@H]1CCOC(=O)C(C)(C)C. The molecule has 33 heavy (non-hydrogen) atoms. The molecule has 2 rings (SSSR count). The highest BCUT2D eigenvalue weighted by atomic mass is 28.4. The van der Waals surface area contributed by atoms with Crippen molar-refractivity contribution in [2.24, 2.45) is 27.7 Å². The summed E-state index contributed by atoms with van der Waals surface area (Å²) in [6.45, 7) is 24.1. The molecule has 0 aromatic rings. The van der Waals surface area contributed by atoms with E-state index in [0.717, 1.165) is 25.1 Å². The minimum absolute atomic E-state index is 0.0589. The number of nitrogens with zero attached hydrogens (tertiary/aromatic N) is 1. The van der Waals surface area contributed by atoms with Gasteiger partial charge in [0.15, 0.2) is 8.32 Å². The van der Waals surface area contributed by atoms with E-state index in [1.807, 2.05) is 26.8 Å². The molecular formula is C27H47NO4Si. The van der Waals surface area contributed by atoms with Crippen LogP contribution in [0.1, 0.15) is 80.6 Å². The average Bonchev–Trinajstić information content (AvgIpc) is 3.20. The molecular weight excluding hydrogens is 430 g/mol. The van der Waals surface area contributed by atoms with Crippen molar-refractivity contribution >= 4 is 25.8 Å². The van der Waals surface area contributed by atoms with Crippen LogP contribution >= 0.6 is 0 Å². The Bertz CT molecular complexity index is 774. The molecule has 188 valence electrons. The van der Waals surface area contributed by atoms with Crippen molar-refractivity contribution in [1.29, 1.82) is 0 Å². The molecule has 6 heteroatoms. The molecule has 0 saturated heterocycles. The molecule has 0 amide bonds. The molecule has 0 aromatic heterocycles. The van der Waals surface area contributed by atoms with Crippen molar-refractivity contribution in [2.45, 2.75) is 105 Å². The molecule has 1 saturated carbocycles. The Morgan fingerprint density at radius 1 is 1.24 bits per heavy atom. The number of Topliss-reactive ketones (excluding diaryl/α,β-unsaturated/α-hetero) is 1. The number of hydrogen-bond acceptors (Lipinski definition) is 5. The van der Waals surface area contributed by atoms with Gasteiger partial charge in [-0.2, -0.15) is 0 Å². The van der Waals surface area contributed by atoms with Crippen LogP contribution < -0.4 is 0 Å². The highest BCUT2D eigenvalue weighted by molar-refractivity contribution is 6.74. The topological polar surface area (TPSA) is 65.0 Å². The van der Waals surface area contributed by atoms with Gasteiger partial charge >= 0.3 is 5.97 Å². The van der Waals surface area contributed by atoms with Crippen molar-refractivity contribution in [3.8, 4) is 0 Å². The van der Waals surface area contributed by atoms with E-state index in [1.54, 1.807) is 0 Å². The normalized spacial score (nSPS) is 29.1. The van der Waals surface area contributed by atoms with Gasteiger partial charge in [0, 0.05) is 24.6 Å². The minimum Gasteiger partial charge on any atom is -0.465 e. The quantitative estimate of drug-likeness (QED) is 0.231. The lowest BCUT2D eigenvalue weighted by Crippen LogP contribution is -2.59. The van der Waals surface area contributed by atoms with Gasteiger partial charge in [-0.3, -0.25) is 14.6 Å². The first-order valence-electron chi connectivity index (χ1n) is 12.6. The molecule has 0 aromatic carbocycles. The van der Waals surface area contributed by atoms with Crippen LogP contribution in [0.25, 0.3) is 0 Å². The zero-order valence-electron chi connectivity index (χ0n) is 22.5. The summed E-state index contributed by atoms with van der Waals surface area (Å²) in [4.78, 5) is 31.1. The van der Waals surface area contributed by atoms with Crippen LogP contribution in [0.4, 0.5) is 0 Å². The first-order valence-corrected chi connectivity index (χ1v) is 15.5. The van der Waals surface area contributed by atoms with Crippen LogP contribution in [0.5, 0.6) is 0 Å². The third-order valence-electron chi connectivity index (χ3n) is 7.96. The molecule has 5 nitrogen and oxygen atoms in total. The number of ketones is 1. The van der Waals surface area contributed by atoms with Crippen LogP contribution in [-0.4, -0.2) is 45.0 Å². The molecule has 0 radical (unpaired) electrons. The Kier molecular flexibility index (Phi) is 8.60. The summed E-state index contributed by atoms with van der Waals surface area (Å²) < 4.78 is 12.8. The fourth-order valence-electron chi connectivity index (χ4n) is 4.98. The van der Waals surface area contributed by atoms with E-state index >= 15 is 0 Å². The lowest BCUT2D eigenvalue weighted by atomic mass is 9.56. The van der Waals surface area contributed by atoms with Crippen molar-refractivity contribution < 1.29 is 18.8 Å². The predicted octanol–water partition coefficient (Wildman–Crippen LogP) is 6.38. The first kappa shape index (κ1) is 28.0. The van der Waals surface area contributed by atoms with Crippen LogP contribution in [0, 0.1) is 22.7 Å². The van der Waals surface area contributed by atoms with E-state index in [1.165, 1.54) is 0 Å². The van der Waals surface area contributed by atoms with E-state index in [4.69, 9.17) is 14.2 Å². The lowest BCUT2D eigenvalue weighted by molar-refractivity contribution is -0.155. The molecule has 1 aliphatic heterocycles. The van der Waals surface area contributed by atoms with E-state index in [0.29, 0.717) is 19.3 Å². The van der Waals surface area contributed by atoms with Crippen molar-refractivity contribution in [1.82, 2.24) is 0 Å². The van der Waals surface area contributed by atoms with E-state index in [9.17, 15) is 9.59 Å². The fourth-order valence-corrected chi connectivity index (χ4v) is 6.42. The van der Waals surface area contributed by atoms with Crippen molar-refractivity contribution in [3.05, 3.63) is 12.7 Å². The van der Waals surface area contributed by atoms with Gasteiger partial charge in [0.1, 0.15) is 5.78 Å². The maximum absolute atomic E-state index is 13.8. The van der Waals surface area contributed by atoms with Gasteiger partial charge < -0.3 is 9.16 Å². The van der Waals surface area contributed by atoms with Crippen LogP contribution in [0.15, 0.2) is 17.6 Å². The predicted molar refractivity (Wildman–Crippen MR) is 138 cm³/mol. The minimum atomic E-state index is -2.10. The highest BCUT2D eigenvalue weighted by Crippen LogP contribution is 2.51. The molecule has 4 atom stereocenters. The Hall–Kier alpha value is -1.27. The van der Waals surface area contributed by atoms with E-state index in [2.05, 4.69) is 47.4 Å². The van der Waals surface area contributed by atoms with Crippen molar-refractivity contribution in [3.63, 3.8) is 0 Å². The monoisotopic (exact) mass is 477 g/mol. The van der Waals surface area contributed by atoms with E-state index in [-0.39, 0.29) is 41.3 Å². The van der Waals surface area contributed by atoms with Gasteiger partial charge in [-0.05, 0) is 70.5 Å². The smallest absolute Gasteiger partial charge is 0.311 e. The van der Waals surface area contributed by atoms with Crippen LogP contribution in [0.3, 0.4) is 0 Å². The summed E-state index contributed by atoms with van der Waals surface area (Å²) in [6.07, 6.45) is 5.25. The Labute approximate surface area is 202 Å². The fraction of sp³-hybridized carbons (Fsp3) is 0.815. The first-order chi connectivity index (χ1) is 15.1. The standard InChI is InChI=1S/C27H47NO4Si/c1-11-15-27(21-13-12-16-28-21)20(14-17-31-24(30)25(3,4)5)23(19(2)18-22(27)29)32-33(9,10)26(6,7)8/h11,19-20,23H,1,12-18H2,2-10H3/t19-,20+,23-,27-/m0/s1. The third-order valence-corrected chi connectivity index (χ3v) is 12.4. The third kappa shape index (κ3) is 5.87. The summed E-state index contributed by atoms with van der Waals surface area (Å²) in [5, 5.41) is 0.0589. The van der Waals surface area contributed by atoms with Gasteiger partial charge in [-0.25, -0.2) is 0 Å². The maximum atomic E-state index is 13.8. The molecule has 0 N–H and O–H groups in total.